The van der Waals surface area contributed by atoms with Crippen LogP contribution < -0.4 is 4.74 Å². The van der Waals surface area contributed by atoms with E-state index < -0.39 is 18.2 Å². The number of aromatic nitrogens is 2. The third-order valence-electron chi connectivity index (χ3n) is 5.28. The summed E-state index contributed by atoms with van der Waals surface area (Å²) in [5.41, 5.74) is 1.05. The second-order valence-corrected chi connectivity index (χ2v) is 7.69. The monoisotopic (exact) mass is 424 g/mol. The first-order valence-corrected chi connectivity index (χ1v) is 10.3. The van der Waals surface area contributed by atoms with E-state index >= 15 is 0 Å². The van der Waals surface area contributed by atoms with Gasteiger partial charge in [0.25, 0.3) is 0 Å². The van der Waals surface area contributed by atoms with Gasteiger partial charge < -0.3 is 4.74 Å². The van der Waals surface area contributed by atoms with Gasteiger partial charge in [0.15, 0.2) is 17.4 Å². The Labute approximate surface area is 174 Å². The molecule has 1 fully saturated rings. The molecule has 1 heterocycles. The van der Waals surface area contributed by atoms with Crippen molar-refractivity contribution in [2.24, 2.45) is 5.92 Å². The van der Waals surface area contributed by atoms with Crippen LogP contribution in [0.15, 0.2) is 36.7 Å². The van der Waals surface area contributed by atoms with E-state index in [0.717, 1.165) is 44.1 Å². The molecular formula is C22H24ClF3N2O. The minimum Gasteiger partial charge on any atom is -0.431 e. The van der Waals surface area contributed by atoms with Gasteiger partial charge in [0.05, 0.1) is 10.6 Å². The summed E-state index contributed by atoms with van der Waals surface area (Å²) in [5.74, 6) is -0.565. The number of hydrogen-bond donors (Lipinski definition) is 0. The molecule has 156 valence electrons. The van der Waals surface area contributed by atoms with Crippen LogP contribution in [0.1, 0.15) is 56.9 Å². The van der Waals surface area contributed by atoms with E-state index in [0.29, 0.717) is 11.8 Å². The third kappa shape index (κ3) is 5.50. The molecule has 1 saturated carbocycles. The fraction of sp³-hybridized carbons (Fsp3) is 0.455. The van der Waals surface area contributed by atoms with Crippen LogP contribution in [0.3, 0.4) is 0 Å². The van der Waals surface area contributed by atoms with Gasteiger partial charge >= 0.3 is 6.61 Å². The van der Waals surface area contributed by atoms with E-state index in [-0.39, 0.29) is 16.4 Å². The molecule has 29 heavy (non-hydrogen) atoms. The molecule has 0 aliphatic heterocycles. The lowest BCUT2D eigenvalue weighted by molar-refractivity contribution is -0.0517. The van der Waals surface area contributed by atoms with Crippen LogP contribution in [0.4, 0.5) is 13.2 Å². The summed E-state index contributed by atoms with van der Waals surface area (Å²) < 4.78 is 43.9. The molecule has 0 radical (unpaired) electrons. The lowest BCUT2D eigenvalue weighted by Crippen LogP contribution is -2.12. The topological polar surface area (TPSA) is 35.0 Å². The smallest absolute Gasteiger partial charge is 0.387 e. The minimum atomic E-state index is -3.18. The maximum absolute atomic E-state index is 14.2. The van der Waals surface area contributed by atoms with Gasteiger partial charge in [-0.1, -0.05) is 37.1 Å². The van der Waals surface area contributed by atoms with Crippen LogP contribution >= 0.6 is 11.6 Å². The predicted octanol–water partition coefficient (Wildman–Crippen LogP) is 7.17. The van der Waals surface area contributed by atoms with Crippen LogP contribution in [0.2, 0.25) is 5.02 Å². The first-order valence-electron chi connectivity index (χ1n) is 9.91. The highest BCUT2D eigenvalue weighted by Gasteiger charge is 2.23. The molecule has 2 aromatic rings. The van der Waals surface area contributed by atoms with Crippen molar-refractivity contribution in [3.05, 3.63) is 53.1 Å². The molecular weight excluding hydrogens is 401 g/mol. The molecule has 0 amide bonds. The van der Waals surface area contributed by atoms with E-state index in [2.05, 4.69) is 33.8 Å². The average Bonchev–Trinajstić information content (AvgIpc) is 2.72. The summed E-state index contributed by atoms with van der Waals surface area (Å²) in [5, 5.41) is -0.300. The molecule has 0 bridgehead atoms. The van der Waals surface area contributed by atoms with Crippen molar-refractivity contribution in [2.45, 2.75) is 58.0 Å². The van der Waals surface area contributed by atoms with E-state index in [1.165, 1.54) is 12.1 Å². The summed E-state index contributed by atoms with van der Waals surface area (Å²) in [4.78, 5) is 8.57. The van der Waals surface area contributed by atoms with E-state index in [1.807, 2.05) is 0 Å². The summed E-state index contributed by atoms with van der Waals surface area (Å²) in [6.45, 7) is -1.01. The summed E-state index contributed by atoms with van der Waals surface area (Å²) in [6.07, 6.45) is 14.6. The largest absolute Gasteiger partial charge is 0.431 e. The van der Waals surface area contributed by atoms with Crippen LogP contribution in [0.5, 0.6) is 5.75 Å². The van der Waals surface area contributed by atoms with Gasteiger partial charge in [-0.3, -0.25) is 0 Å². The van der Waals surface area contributed by atoms with Crippen molar-refractivity contribution < 1.29 is 17.9 Å². The Morgan fingerprint density at radius 2 is 1.86 bits per heavy atom. The number of rotatable bonds is 7. The molecule has 3 nitrogen and oxygen atoms in total. The predicted molar refractivity (Wildman–Crippen MR) is 108 cm³/mol. The van der Waals surface area contributed by atoms with Crippen LogP contribution in [0.25, 0.3) is 11.4 Å². The average molecular weight is 425 g/mol. The Morgan fingerprint density at radius 1 is 1.17 bits per heavy atom. The Balaban J connectivity index is 1.72. The third-order valence-corrected chi connectivity index (χ3v) is 5.57. The zero-order chi connectivity index (χ0) is 20.8. The maximum Gasteiger partial charge on any atom is 0.387 e. The van der Waals surface area contributed by atoms with Crippen molar-refractivity contribution >= 4 is 11.6 Å². The first-order chi connectivity index (χ1) is 14.0. The highest BCUT2D eigenvalue weighted by atomic mass is 35.5. The number of nitrogens with zero attached hydrogens (tertiary/aromatic N) is 2. The van der Waals surface area contributed by atoms with Crippen molar-refractivity contribution in [1.82, 2.24) is 9.97 Å². The van der Waals surface area contributed by atoms with Gasteiger partial charge in [-0.15, -0.1) is 0 Å². The molecule has 0 N–H and O–H groups in total. The van der Waals surface area contributed by atoms with Crippen molar-refractivity contribution in [2.75, 3.05) is 0 Å². The molecule has 1 aromatic carbocycles. The van der Waals surface area contributed by atoms with E-state index in [9.17, 15) is 13.2 Å². The fourth-order valence-corrected chi connectivity index (χ4v) is 3.85. The number of unbranched alkanes of at least 4 members (excludes halogenated alkanes) is 1. The molecule has 1 aliphatic rings. The molecule has 0 atom stereocenters. The van der Waals surface area contributed by atoms with Gasteiger partial charge in [-0.05, 0) is 61.6 Å². The van der Waals surface area contributed by atoms with Crippen molar-refractivity contribution in [1.29, 1.82) is 0 Å². The fourth-order valence-electron chi connectivity index (χ4n) is 3.70. The standard InChI is InChI=1S/C22H24ClF3N2O/c1-2-3-4-5-14-6-8-15(9-7-14)16-12-27-21(28-13-16)17-10-11-18(23)19(24)20(17)29-22(25)26/h4-5,10-15,22H,2-3,6-9H2,1H3/b5-4+. The van der Waals surface area contributed by atoms with Crippen molar-refractivity contribution in [3.63, 3.8) is 0 Å². The minimum absolute atomic E-state index is 0.0449. The zero-order valence-corrected chi connectivity index (χ0v) is 17.0. The molecule has 0 saturated heterocycles. The number of hydrogen-bond acceptors (Lipinski definition) is 3. The van der Waals surface area contributed by atoms with Crippen LogP contribution in [-0.4, -0.2) is 16.6 Å². The molecule has 7 heteroatoms. The SMILES string of the molecule is CCC/C=C/C1CCC(c2cnc(-c3ccc(Cl)c(F)c3OC(F)F)nc2)CC1. The molecule has 1 aromatic heterocycles. The van der Waals surface area contributed by atoms with Crippen LogP contribution in [0, 0.1) is 11.7 Å². The molecule has 0 unspecified atom stereocenters. The Bertz CT molecular complexity index is 835. The Morgan fingerprint density at radius 3 is 2.48 bits per heavy atom. The lowest BCUT2D eigenvalue weighted by Gasteiger charge is -2.26. The zero-order valence-electron chi connectivity index (χ0n) is 16.3. The van der Waals surface area contributed by atoms with Gasteiger partial charge in [-0.2, -0.15) is 8.78 Å². The number of halogens is 4. The highest BCUT2D eigenvalue weighted by Crippen LogP contribution is 2.38. The summed E-state index contributed by atoms with van der Waals surface area (Å²) >= 11 is 5.69. The highest BCUT2D eigenvalue weighted by molar-refractivity contribution is 6.31. The van der Waals surface area contributed by atoms with E-state index in [1.54, 1.807) is 12.4 Å². The normalized spacial score (nSPS) is 19.8. The Kier molecular flexibility index (Phi) is 7.53. The van der Waals surface area contributed by atoms with Crippen LogP contribution in [-0.2, 0) is 0 Å². The van der Waals surface area contributed by atoms with Gasteiger partial charge in [-0.25, -0.2) is 14.4 Å². The molecule has 3 rings (SSSR count). The lowest BCUT2D eigenvalue weighted by atomic mass is 9.79. The summed E-state index contributed by atoms with van der Waals surface area (Å²) in [6, 6.07) is 2.65. The second-order valence-electron chi connectivity index (χ2n) is 7.29. The number of alkyl halides is 2. The van der Waals surface area contributed by atoms with Crippen molar-refractivity contribution in [3.8, 4) is 17.1 Å². The Hall–Kier alpha value is -2.08. The number of allylic oxidation sites excluding steroid dienone is 2. The summed E-state index contributed by atoms with van der Waals surface area (Å²) in [7, 11) is 0. The molecule has 0 spiro atoms. The van der Waals surface area contributed by atoms with E-state index in [4.69, 9.17) is 11.6 Å². The maximum atomic E-state index is 14.2. The molecule has 1 aliphatic carbocycles. The first kappa shape index (κ1) is 21.6. The second kappa shape index (κ2) is 10.1. The number of ether oxygens (including phenoxy) is 1. The number of benzene rings is 1. The van der Waals surface area contributed by atoms with Gasteiger partial charge in [0.2, 0.25) is 0 Å². The van der Waals surface area contributed by atoms with Gasteiger partial charge in [0.1, 0.15) is 0 Å². The van der Waals surface area contributed by atoms with Gasteiger partial charge in [0, 0.05) is 12.4 Å². The quantitative estimate of drug-likeness (QED) is 0.442.